The van der Waals surface area contributed by atoms with Gasteiger partial charge < -0.3 is 10.2 Å². The van der Waals surface area contributed by atoms with Crippen LogP contribution in [-0.2, 0) is 0 Å². The second-order valence-corrected chi connectivity index (χ2v) is 4.37. The number of thioether (sulfide) groups is 1. The molecule has 0 fully saturated rings. The second-order valence-electron chi connectivity index (χ2n) is 3.28. The van der Waals surface area contributed by atoms with Crippen molar-refractivity contribution in [2.45, 2.75) is 11.8 Å². The SMILES string of the molecule is CC(CO)CSc1ccnc(C(=O)O)c1. The predicted octanol–water partition coefficient (Wildman–Crippen LogP) is 1.50. The van der Waals surface area contributed by atoms with Crippen molar-refractivity contribution in [1.82, 2.24) is 4.98 Å². The van der Waals surface area contributed by atoms with Crippen LogP contribution in [0, 0.1) is 5.92 Å². The van der Waals surface area contributed by atoms with Crippen LogP contribution in [0.15, 0.2) is 23.2 Å². The molecule has 0 aromatic carbocycles. The lowest BCUT2D eigenvalue weighted by Gasteiger charge is -2.06. The molecule has 0 amide bonds. The van der Waals surface area contributed by atoms with E-state index in [1.165, 1.54) is 24.0 Å². The molecule has 2 N–H and O–H groups in total. The number of pyridine rings is 1. The van der Waals surface area contributed by atoms with Gasteiger partial charge in [-0.05, 0) is 18.1 Å². The van der Waals surface area contributed by atoms with Gasteiger partial charge in [-0.25, -0.2) is 9.78 Å². The van der Waals surface area contributed by atoms with Crippen LogP contribution >= 0.6 is 11.8 Å². The van der Waals surface area contributed by atoms with Crippen molar-refractivity contribution in [1.29, 1.82) is 0 Å². The summed E-state index contributed by atoms with van der Waals surface area (Å²) in [4.78, 5) is 15.2. The average Bonchev–Trinajstić information content (AvgIpc) is 2.26. The minimum atomic E-state index is -1.02. The summed E-state index contributed by atoms with van der Waals surface area (Å²) < 4.78 is 0. The maximum atomic E-state index is 10.6. The number of aliphatic hydroxyl groups excluding tert-OH is 1. The number of hydrogen-bond acceptors (Lipinski definition) is 4. The van der Waals surface area contributed by atoms with Gasteiger partial charge in [-0.1, -0.05) is 6.92 Å². The summed E-state index contributed by atoms with van der Waals surface area (Å²) in [5, 5.41) is 17.6. The lowest BCUT2D eigenvalue weighted by atomic mass is 10.2. The van der Waals surface area contributed by atoms with Gasteiger partial charge in [0.2, 0.25) is 0 Å². The number of aliphatic hydroxyl groups is 1. The van der Waals surface area contributed by atoms with E-state index in [9.17, 15) is 4.79 Å². The van der Waals surface area contributed by atoms with Crippen LogP contribution in [0.2, 0.25) is 0 Å². The van der Waals surface area contributed by atoms with Crippen molar-refractivity contribution >= 4 is 17.7 Å². The highest BCUT2D eigenvalue weighted by atomic mass is 32.2. The number of nitrogens with zero attached hydrogens (tertiary/aromatic N) is 1. The van der Waals surface area contributed by atoms with Gasteiger partial charge in [0, 0.05) is 23.5 Å². The Balaban J connectivity index is 2.62. The first-order valence-corrected chi connectivity index (χ1v) is 5.55. The molecule has 1 rings (SSSR count). The van der Waals surface area contributed by atoms with E-state index in [1.807, 2.05) is 6.92 Å². The zero-order valence-electron chi connectivity index (χ0n) is 8.38. The van der Waals surface area contributed by atoms with Crippen molar-refractivity contribution in [3.05, 3.63) is 24.0 Å². The number of carbonyl (C=O) groups is 1. The molecular formula is C10H13NO3S. The normalized spacial score (nSPS) is 12.4. The third-order valence-corrected chi connectivity index (χ3v) is 3.12. The molecule has 0 radical (unpaired) electrons. The second kappa shape index (κ2) is 5.72. The molecule has 1 heterocycles. The quantitative estimate of drug-likeness (QED) is 0.746. The van der Waals surface area contributed by atoms with Gasteiger partial charge in [-0.3, -0.25) is 0 Å². The zero-order valence-corrected chi connectivity index (χ0v) is 9.20. The van der Waals surface area contributed by atoms with Crippen molar-refractivity contribution in [2.24, 2.45) is 5.92 Å². The summed E-state index contributed by atoms with van der Waals surface area (Å²) in [6.07, 6.45) is 1.48. The van der Waals surface area contributed by atoms with E-state index in [1.54, 1.807) is 6.07 Å². The number of aromatic carboxylic acids is 1. The largest absolute Gasteiger partial charge is 0.477 e. The molecule has 15 heavy (non-hydrogen) atoms. The summed E-state index contributed by atoms with van der Waals surface area (Å²) in [6, 6.07) is 3.30. The Hall–Kier alpha value is -1.07. The van der Waals surface area contributed by atoms with Gasteiger partial charge in [0.05, 0.1) is 0 Å². The maximum Gasteiger partial charge on any atom is 0.354 e. The van der Waals surface area contributed by atoms with Gasteiger partial charge in [0.1, 0.15) is 5.69 Å². The Morgan fingerprint density at radius 2 is 2.40 bits per heavy atom. The van der Waals surface area contributed by atoms with E-state index in [4.69, 9.17) is 10.2 Å². The van der Waals surface area contributed by atoms with E-state index in [0.29, 0.717) is 0 Å². The first kappa shape index (κ1) is 12.0. The molecule has 0 aliphatic rings. The number of aromatic nitrogens is 1. The first-order valence-electron chi connectivity index (χ1n) is 4.56. The van der Waals surface area contributed by atoms with Crippen LogP contribution in [0.5, 0.6) is 0 Å². The molecule has 0 aliphatic carbocycles. The fourth-order valence-corrected chi connectivity index (χ4v) is 1.84. The predicted molar refractivity (Wildman–Crippen MR) is 58.2 cm³/mol. The molecule has 1 unspecified atom stereocenters. The standard InChI is InChI=1S/C10H13NO3S/c1-7(5-12)6-15-8-2-3-11-9(4-8)10(13)14/h2-4,7,12H,5-6H2,1H3,(H,13,14). The van der Waals surface area contributed by atoms with Crippen molar-refractivity contribution in [3.63, 3.8) is 0 Å². The minimum absolute atomic E-state index is 0.0525. The third-order valence-electron chi connectivity index (χ3n) is 1.80. The Kier molecular flexibility index (Phi) is 4.58. The van der Waals surface area contributed by atoms with E-state index in [-0.39, 0.29) is 18.2 Å². The van der Waals surface area contributed by atoms with Crippen LogP contribution in [0.1, 0.15) is 17.4 Å². The Bertz CT molecular complexity index is 343. The zero-order chi connectivity index (χ0) is 11.3. The molecule has 5 heteroatoms. The van der Waals surface area contributed by atoms with Crippen molar-refractivity contribution in [3.8, 4) is 0 Å². The van der Waals surface area contributed by atoms with Crippen molar-refractivity contribution < 1.29 is 15.0 Å². The third kappa shape index (κ3) is 3.89. The van der Waals surface area contributed by atoms with Crippen LogP contribution in [-0.4, -0.2) is 33.5 Å². The summed E-state index contributed by atoms with van der Waals surface area (Å²) in [5.41, 5.74) is 0.0525. The number of carboxylic acid groups (broad SMARTS) is 1. The van der Waals surface area contributed by atoms with Gasteiger partial charge >= 0.3 is 5.97 Å². The van der Waals surface area contributed by atoms with Crippen LogP contribution in [0.25, 0.3) is 0 Å². The van der Waals surface area contributed by atoms with Gasteiger partial charge in [0.15, 0.2) is 0 Å². The highest BCUT2D eigenvalue weighted by molar-refractivity contribution is 7.99. The van der Waals surface area contributed by atoms with E-state index in [2.05, 4.69) is 4.98 Å². The maximum absolute atomic E-state index is 10.6. The lowest BCUT2D eigenvalue weighted by molar-refractivity contribution is 0.0690. The molecule has 0 spiro atoms. The molecular weight excluding hydrogens is 214 g/mol. The molecule has 82 valence electrons. The lowest BCUT2D eigenvalue weighted by Crippen LogP contribution is -2.04. The fourth-order valence-electron chi connectivity index (χ4n) is 0.909. The van der Waals surface area contributed by atoms with E-state index in [0.717, 1.165) is 10.6 Å². The van der Waals surface area contributed by atoms with Crippen LogP contribution in [0.4, 0.5) is 0 Å². The minimum Gasteiger partial charge on any atom is -0.477 e. The number of hydrogen-bond donors (Lipinski definition) is 2. The Morgan fingerprint density at radius 3 is 3.00 bits per heavy atom. The monoisotopic (exact) mass is 227 g/mol. The summed E-state index contributed by atoms with van der Waals surface area (Å²) in [6.45, 7) is 2.08. The molecule has 1 aromatic heterocycles. The highest BCUT2D eigenvalue weighted by Gasteiger charge is 2.06. The van der Waals surface area contributed by atoms with Gasteiger partial charge in [-0.15, -0.1) is 11.8 Å². The average molecular weight is 227 g/mol. The summed E-state index contributed by atoms with van der Waals surface area (Å²) in [5.74, 6) is -0.0522. The molecule has 0 saturated carbocycles. The van der Waals surface area contributed by atoms with Crippen molar-refractivity contribution in [2.75, 3.05) is 12.4 Å². The first-order chi connectivity index (χ1) is 7.13. The molecule has 4 nitrogen and oxygen atoms in total. The molecule has 0 bridgehead atoms. The highest BCUT2D eigenvalue weighted by Crippen LogP contribution is 2.20. The Labute approximate surface area is 92.3 Å². The fraction of sp³-hybridized carbons (Fsp3) is 0.400. The van der Waals surface area contributed by atoms with E-state index < -0.39 is 5.97 Å². The summed E-state index contributed by atoms with van der Waals surface area (Å²) in [7, 11) is 0. The molecule has 1 aromatic rings. The molecule has 0 saturated heterocycles. The van der Waals surface area contributed by atoms with Gasteiger partial charge in [0.25, 0.3) is 0 Å². The van der Waals surface area contributed by atoms with Gasteiger partial charge in [-0.2, -0.15) is 0 Å². The molecule has 0 aliphatic heterocycles. The summed E-state index contributed by atoms with van der Waals surface area (Å²) >= 11 is 1.52. The smallest absolute Gasteiger partial charge is 0.354 e. The van der Waals surface area contributed by atoms with Crippen LogP contribution in [0.3, 0.4) is 0 Å². The topological polar surface area (TPSA) is 70.4 Å². The molecule has 1 atom stereocenters. The van der Waals surface area contributed by atoms with E-state index >= 15 is 0 Å². The number of rotatable bonds is 5. The Morgan fingerprint density at radius 1 is 1.67 bits per heavy atom. The van der Waals surface area contributed by atoms with Crippen LogP contribution < -0.4 is 0 Å². The number of carboxylic acids is 1.